The van der Waals surface area contributed by atoms with Gasteiger partial charge >= 0.3 is 0 Å². The van der Waals surface area contributed by atoms with Gasteiger partial charge in [0.1, 0.15) is 24.1 Å². The summed E-state index contributed by atoms with van der Waals surface area (Å²) < 4.78 is 16.8. The topological polar surface area (TPSA) is 88.8 Å². The van der Waals surface area contributed by atoms with Crippen LogP contribution in [-0.2, 0) is 0 Å². The number of aromatic nitrogens is 5. The molecule has 30 heavy (non-hydrogen) atoms. The predicted octanol–water partition coefficient (Wildman–Crippen LogP) is 3.46. The van der Waals surface area contributed by atoms with Crippen LogP contribution in [0.25, 0.3) is 23.2 Å². The fraction of sp³-hybridized carbons (Fsp3) is 0.364. The number of alkyl halides is 1. The molecule has 3 atom stereocenters. The fourth-order valence-electron chi connectivity index (χ4n) is 4.53. The van der Waals surface area contributed by atoms with Gasteiger partial charge in [0, 0.05) is 30.7 Å². The first kappa shape index (κ1) is 18.9. The number of pyridine rings is 1. The monoisotopic (exact) mass is 406 g/mol. The predicted molar refractivity (Wildman–Crippen MR) is 111 cm³/mol. The van der Waals surface area contributed by atoms with E-state index in [1.807, 2.05) is 13.0 Å². The van der Waals surface area contributed by atoms with Crippen LogP contribution in [0.15, 0.2) is 48.7 Å². The van der Waals surface area contributed by atoms with Crippen LogP contribution in [-0.4, -0.2) is 47.6 Å². The number of imidazole rings is 1. The third kappa shape index (κ3) is 3.37. The Bertz CT molecular complexity index is 1080. The van der Waals surface area contributed by atoms with Crippen LogP contribution in [0.3, 0.4) is 0 Å². The van der Waals surface area contributed by atoms with E-state index in [-0.39, 0.29) is 5.75 Å². The first-order chi connectivity index (χ1) is 14.5. The van der Waals surface area contributed by atoms with Crippen LogP contribution >= 0.6 is 0 Å². The van der Waals surface area contributed by atoms with Crippen molar-refractivity contribution in [1.29, 1.82) is 0 Å². The maximum absolute atomic E-state index is 15.1. The van der Waals surface area contributed by atoms with Gasteiger partial charge in [0.25, 0.3) is 0 Å². The number of halogens is 1. The van der Waals surface area contributed by atoms with E-state index in [0.29, 0.717) is 35.2 Å². The highest BCUT2D eigenvalue weighted by atomic mass is 19.1. The molecule has 2 saturated heterocycles. The van der Waals surface area contributed by atoms with Gasteiger partial charge in [-0.3, -0.25) is 4.57 Å². The number of nitrogens with one attached hydrogen (secondary N) is 1. The maximum Gasteiger partial charge on any atom is 0.141 e. The van der Waals surface area contributed by atoms with Gasteiger partial charge in [-0.2, -0.15) is 5.10 Å². The molecule has 2 N–H and O–H groups in total. The second kappa shape index (κ2) is 7.28. The van der Waals surface area contributed by atoms with E-state index in [0.717, 1.165) is 24.8 Å². The van der Waals surface area contributed by atoms with Crippen molar-refractivity contribution in [3.8, 4) is 22.8 Å². The SMILES string of the molecule is C[C@]12CCC[C@H](C/C(=C\c3ccc(-c4cnc(-n5ccnc5)cc4O)nn3)[C@@H]1F)N2. The number of aromatic hydroxyl groups is 1. The zero-order valence-electron chi connectivity index (χ0n) is 16.7. The van der Waals surface area contributed by atoms with Crippen LogP contribution in [0, 0.1) is 0 Å². The summed E-state index contributed by atoms with van der Waals surface area (Å²) in [5.74, 6) is 0.610. The second-order valence-electron chi connectivity index (χ2n) is 8.31. The van der Waals surface area contributed by atoms with Crippen molar-refractivity contribution >= 4 is 6.08 Å². The molecule has 0 aliphatic carbocycles. The largest absolute Gasteiger partial charge is 0.507 e. The minimum absolute atomic E-state index is 0.0528. The summed E-state index contributed by atoms with van der Waals surface area (Å²) >= 11 is 0. The molecule has 0 saturated carbocycles. The van der Waals surface area contributed by atoms with E-state index in [1.54, 1.807) is 47.7 Å². The number of fused-ring (bicyclic) bond motifs is 2. The molecule has 2 aliphatic heterocycles. The molecule has 2 aliphatic rings. The summed E-state index contributed by atoms with van der Waals surface area (Å²) in [5, 5.41) is 22.3. The molecule has 0 spiro atoms. The summed E-state index contributed by atoms with van der Waals surface area (Å²) in [6, 6.07) is 5.44. The number of rotatable bonds is 3. The molecule has 7 nitrogen and oxygen atoms in total. The second-order valence-corrected chi connectivity index (χ2v) is 8.31. The Morgan fingerprint density at radius 2 is 2.23 bits per heavy atom. The van der Waals surface area contributed by atoms with Crippen molar-refractivity contribution < 1.29 is 9.50 Å². The standard InChI is InChI=1S/C22H23FN6O/c1-22-6-2-3-15(26-22)9-14(21(22)23)10-16-4-5-18(28-27-16)17-12-25-20(11-19(17)30)29-8-7-24-13-29/h4-5,7-8,10-13,15,21,26H,2-3,6,9H2,1H3,(H,25,30)/b14-10+/t15-,21+,22+/m1/s1. The van der Waals surface area contributed by atoms with Crippen LogP contribution in [0.1, 0.15) is 38.3 Å². The Morgan fingerprint density at radius 3 is 2.97 bits per heavy atom. The van der Waals surface area contributed by atoms with Crippen molar-refractivity contribution in [2.24, 2.45) is 0 Å². The van der Waals surface area contributed by atoms with Gasteiger partial charge in [-0.25, -0.2) is 14.4 Å². The molecular formula is C22H23FN6O. The third-order valence-electron chi connectivity index (χ3n) is 6.08. The third-order valence-corrected chi connectivity index (χ3v) is 6.08. The average Bonchev–Trinajstić information content (AvgIpc) is 3.28. The first-order valence-electron chi connectivity index (χ1n) is 10.2. The normalized spacial score (nSPS) is 27.3. The minimum atomic E-state index is -1.03. The molecule has 5 heterocycles. The highest BCUT2D eigenvalue weighted by Gasteiger charge is 2.45. The van der Waals surface area contributed by atoms with Crippen molar-refractivity contribution in [1.82, 2.24) is 30.0 Å². The summed E-state index contributed by atoms with van der Waals surface area (Å²) in [5.41, 5.74) is 1.89. The average molecular weight is 406 g/mol. The minimum Gasteiger partial charge on any atom is -0.507 e. The van der Waals surface area contributed by atoms with Crippen molar-refractivity contribution in [2.75, 3.05) is 0 Å². The Morgan fingerprint density at radius 1 is 1.33 bits per heavy atom. The molecule has 0 unspecified atom stereocenters. The highest BCUT2D eigenvalue weighted by Crippen LogP contribution is 2.39. The van der Waals surface area contributed by atoms with Crippen LogP contribution in [0.5, 0.6) is 5.75 Å². The number of piperidine rings is 2. The number of hydrogen-bond acceptors (Lipinski definition) is 6. The quantitative estimate of drug-likeness (QED) is 0.693. The zero-order valence-corrected chi connectivity index (χ0v) is 16.7. The molecule has 8 heteroatoms. The van der Waals surface area contributed by atoms with Gasteiger partial charge in [-0.05, 0) is 56.4 Å². The van der Waals surface area contributed by atoms with E-state index < -0.39 is 11.7 Å². The van der Waals surface area contributed by atoms with Gasteiger partial charge in [0.05, 0.1) is 22.5 Å². The molecule has 154 valence electrons. The van der Waals surface area contributed by atoms with Gasteiger partial charge in [-0.1, -0.05) is 0 Å². The van der Waals surface area contributed by atoms with Gasteiger partial charge in [-0.15, -0.1) is 5.10 Å². The Hall–Kier alpha value is -3.13. The molecular weight excluding hydrogens is 383 g/mol. The van der Waals surface area contributed by atoms with Crippen LogP contribution < -0.4 is 5.32 Å². The molecule has 0 amide bonds. The molecule has 5 rings (SSSR count). The van der Waals surface area contributed by atoms with Gasteiger partial charge in [0.2, 0.25) is 0 Å². The van der Waals surface area contributed by atoms with Crippen molar-refractivity contribution in [3.05, 3.63) is 54.4 Å². The summed E-state index contributed by atoms with van der Waals surface area (Å²) in [4.78, 5) is 8.33. The zero-order chi connectivity index (χ0) is 20.7. The van der Waals surface area contributed by atoms with E-state index in [2.05, 4.69) is 25.5 Å². The fourth-order valence-corrected chi connectivity index (χ4v) is 4.53. The smallest absolute Gasteiger partial charge is 0.141 e. The maximum atomic E-state index is 15.1. The summed E-state index contributed by atoms with van der Waals surface area (Å²) in [6.45, 7) is 1.97. The van der Waals surface area contributed by atoms with Gasteiger partial charge in [0.15, 0.2) is 0 Å². The lowest BCUT2D eigenvalue weighted by molar-refractivity contribution is 0.0993. The van der Waals surface area contributed by atoms with E-state index in [1.165, 1.54) is 0 Å². The number of nitrogens with zero attached hydrogens (tertiary/aromatic N) is 5. The van der Waals surface area contributed by atoms with Crippen molar-refractivity contribution in [3.63, 3.8) is 0 Å². The lowest BCUT2D eigenvalue weighted by Gasteiger charge is -2.47. The van der Waals surface area contributed by atoms with Gasteiger partial charge < -0.3 is 10.4 Å². The lowest BCUT2D eigenvalue weighted by atomic mass is 9.74. The first-order valence-corrected chi connectivity index (χ1v) is 10.2. The van der Waals surface area contributed by atoms with Crippen LogP contribution in [0.2, 0.25) is 0 Å². The van der Waals surface area contributed by atoms with E-state index in [9.17, 15) is 5.11 Å². The molecule has 3 aromatic rings. The molecule has 3 aromatic heterocycles. The molecule has 0 radical (unpaired) electrons. The highest BCUT2D eigenvalue weighted by molar-refractivity contribution is 5.67. The Balaban J connectivity index is 1.39. The van der Waals surface area contributed by atoms with Crippen LogP contribution in [0.4, 0.5) is 4.39 Å². The van der Waals surface area contributed by atoms with E-state index in [4.69, 9.17) is 0 Å². The Labute approximate surface area is 173 Å². The summed E-state index contributed by atoms with van der Waals surface area (Å²) in [7, 11) is 0. The molecule has 2 bridgehead atoms. The Kier molecular flexibility index (Phi) is 4.58. The lowest BCUT2D eigenvalue weighted by Crippen LogP contribution is -2.61. The van der Waals surface area contributed by atoms with Crippen molar-refractivity contribution in [2.45, 2.75) is 50.4 Å². The summed E-state index contributed by atoms with van der Waals surface area (Å²) in [6.07, 6.45) is 11.0. The number of hydrogen-bond donors (Lipinski definition) is 2. The molecule has 0 aromatic carbocycles. The molecule has 2 fully saturated rings. The van der Waals surface area contributed by atoms with E-state index >= 15 is 4.39 Å².